The molecule has 6 nitrogen and oxygen atoms in total. The minimum absolute atomic E-state index is 0.154. The van der Waals surface area contributed by atoms with Crippen molar-refractivity contribution >= 4 is 23.5 Å². The quantitative estimate of drug-likeness (QED) is 0.815. The number of hydrogen-bond donors (Lipinski definition) is 1. The lowest BCUT2D eigenvalue weighted by atomic mass is 10.3. The van der Waals surface area contributed by atoms with Gasteiger partial charge in [-0.1, -0.05) is 24.8 Å². The second-order valence-electron chi connectivity index (χ2n) is 3.76. The van der Waals surface area contributed by atoms with Crippen molar-refractivity contribution in [1.82, 2.24) is 15.2 Å². The van der Waals surface area contributed by atoms with Gasteiger partial charge in [0.05, 0.1) is 5.75 Å². The molecule has 0 atom stereocenters. The molecule has 7 heteroatoms. The van der Waals surface area contributed by atoms with Crippen molar-refractivity contribution in [2.24, 2.45) is 0 Å². The molecule has 0 radical (unpaired) electrons. The van der Waals surface area contributed by atoms with E-state index in [1.165, 1.54) is 11.8 Å². The number of hydrogen-bond acceptors (Lipinski definition) is 6. The summed E-state index contributed by atoms with van der Waals surface area (Å²) in [7, 11) is 0. The first-order valence-corrected chi connectivity index (χ1v) is 6.92. The molecule has 1 amide bonds. The highest BCUT2D eigenvalue weighted by atomic mass is 32.2. The third-order valence-electron chi connectivity index (χ3n) is 2.17. The zero-order valence-electron chi connectivity index (χ0n) is 10.5. The van der Waals surface area contributed by atoms with E-state index < -0.39 is 0 Å². The van der Waals surface area contributed by atoms with Gasteiger partial charge in [-0.2, -0.15) is 0 Å². The number of aryl methyl sites for hydroxylation is 1. The molecule has 0 spiro atoms. The third-order valence-corrected chi connectivity index (χ3v) is 2.99. The van der Waals surface area contributed by atoms with Gasteiger partial charge in [0.25, 0.3) is 5.22 Å². The first-order chi connectivity index (χ1) is 9.28. The molecule has 0 aliphatic heterocycles. The predicted octanol–water partition coefficient (Wildman–Crippen LogP) is 2.15. The number of carbonyl (C=O) groups excluding carboxylic acids is 1. The van der Waals surface area contributed by atoms with Crippen LogP contribution < -0.4 is 5.32 Å². The van der Waals surface area contributed by atoms with Crippen LogP contribution in [0.1, 0.15) is 19.2 Å². The minimum Gasteiger partial charge on any atom is -0.416 e. The molecule has 0 saturated carbocycles. The van der Waals surface area contributed by atoms with Crippen molar-refractivity contribution in [2.45, 2.75) is 25.0 Å². The number of anilines is 1. The van der Waals surface area contributed by atoms with Crippen LogP contribution in [0.25, 0.3) is 0 Å². The lowest BCUT2D eigenvalue weighted by molar-refractivity contribution is -0.113. The molecule has 2 heterocycles. The molecular weight excluding hydrogens is 264 g/mol. The molecule has 2 aromatic rings. The number of carbonyl (C=O) groups is 1. The van der Waals surface area contributed by atoms with Crippen LogP contribution in [0.3, 0.4) is 0 Å². The highest BCUT2D eigenvalue weighted by molar-refractivity contribution is 7.99. The van der Waals surface area contributed by atoms with Crippen LogP contribution in [-0.4, -0.2) is 26.8 Å². The Balaban J connectivity index is 1.79. The fraction of sp³-hybridized carbons (Fsp3) is 0.333. The van der Waals surface area contributed by atoms with Gasteiger partial charge in [-0.15, -0.1) is 10.2 Å². The van der Waals surface area contributed by atoms with Crippen molar-refractivity contribution < 1.29 is 9.21 Å². The van der Waals surface area contributed by atoms with Gasteiger partial charge in [0.15, 0.2) is 0 Å². The van der Waals surface area contributed by atoms with E-state index in [4.69, 9.17) is 4.42 Å². The molecule has 0 bridgehead atoms. The van der Waals surface area contributed by atoms with E-state index in [1.807, 2.05) is 13.0 Å². The van der Waals surface area contributed by atoms with Crippen LogP contribution in [-0.2, 0) is 11.2 Å². The Kier molecular flexibility index (Phi) is 4.91. The second kappa shape index (κ2) is 6.89. The summed E-state index contributed by atoms with van der Waals surface area (Å²) in [5.41, 5.74) is 0. The third kappa shape index (κ3) is 4.36. The fourth-order valence-electron chi connectivity index (χ4n) is 1.35. The Morgan fingerprint density at radius 1 is 1.42 bits per heavy atom. The summed E-state index contributed by atoms with van der Waals surface area (Å²) in [5.74, 6) is 1.20. The maximum atomic E-state index is 11.7. The maximum absolute atomic E-state index is 11.7. The topological polar surface area (TPSA) is 80.9 Å². The van der Waals surface area contributed by atoms with Gasteiger partial charge < -0.3 is 9.73 Å². The number of nitrogens with zero attached hydrogens (tertiary/aromatic N) is 3. The highest BCUT2D eigenvalue weighted by Crippen LogP contribution is 2.16. The molecule has 2 aromatic heterocycles. The Hall–Kier alpha value is -1.89. The molecule has 1 N–H and O–H groups in total. The molecule has 2 rings (SSSR count). The molecule has 0 aliphatic rings. The summed E-state index contributed by atoms with van der Waals surface area (Å²) in [6, 6.07) is 5.33. The van der Waals surface area contributed by atoms with E-state index in [0.29, 0.717) is 16.9 Å². The lowest BCUT2D eigenvalue weighted by Gasteiger charge is -2.01. The largest absolute Gasteiger partial charge is 0.416 e. The number of amides is 1. The summed E-state index contributed by atoms with van der Waals surface area (Å²) >= 11 is 1.21. The molecule has 0 saturated heterocycles. The highest BCUT2D eigenvalue weighted by Gasteiger charge is 2.09. The maximum Gasteiger partial charge on any atom is 0.277 e. The van der Waals surface area contributed by atoms with Crippen molar-refractivity contribution in [2.75, 3.05) is 11.1 Å². The Morgan fingerprint density at radius 2 is 2.32 bits per heavy atom. The number of nitrogens with one attached hydrogen (secondary N) is 1. The monoisotopic (exact) mass is 278 g/mol. The summed E-state index contributed by atoms with van der Waals surface area (Å²) in [4.78, 5) is 15.7. The summed E-state index contributed by atoms with van der Waals surface area (Å²) < 4.78 is 5.37. The van der Waals surface area contributed by atoms with Gasteiger partial charge in [-0.3, -0.25) is 4.79 Å². The Bertz CT molecular complexity index is 530. The van der Waals surface area contributed by atoms with Crippen LogP contribution in [0.2, 0.25) is 0 Å². The van der Waals surface area contributed by atoms with Gasteiger partial charge in [-0.05, 0) is 18.6 Å². The Morgan fingerprint density at radius 3 is 3.05 bits per heavy atom. The first kappa shape index (κ1) is 13.5. The van der Waals surface area contributed by atoms with Gasteiger partial charge in [0.2, 0.25) is 11.8 Å². The average Bonchev–Trinajstić information content (AvgIpc) is 2.86. The first-order valence-electron chi connectivity index (χ1n) is 5.94. The molecule has 19 heavy (non-hydrogen) atoms. The van der Waals surface area contributed by atoms with E-state index in [2.05, 4.69) is 20.5 Å². The average molecular weight is 278 g/mol. The van der Waals surface area contributed by atoms with E-state index in [0.717, 1.165) is 12.8 Å². The smallest absolute Gasteiger partial charge is 0.277 e. The Labute approximate surface area is 115 Å². The fourth-order valence-corrected chi connectivity index (χ4v) is 1.93. The summed E-state index contributed by atoms with van der Waals surface area (Å²) in [5, 5.41) is 10.9. The van der Waals surface area contributed by atoms with Gasteiger partial charge in [0, 0.05) is 12.6 Å². The number of aromatic nitrogens is 3. The van der Waals surface area contributed by atoms with Crippen LogP contribution in [0.4, 0.5) is 5.82 Å². The van der Waals surface area contributed by atoms with Gasteiger partial charge in [0.1, 0.15) is 5.82 Å². The molecule has 0 aliphatic carbocycles. The van der Waals surface area contributed by atoms with Crippen LogP contribution in [0.15, 0.2) is 34.0 Å². The predicted molar refractivity (Wildman–Crippen MR) is 71.9 cm³/mol. The SMILES string of the molecule is CCCc1nnc(SCC(=O)Nc2ccccn2)o1. The van der Waals surface area contributed by atoms with E-state index in [9.17, 15) is 4.79 Å². The van der Waals surface area contributed by atoms with Crippen LogP contribution in [0, 0.1) is 0 Å². The van der Waals surface area contributed by atoms with Crippen molar-refractivity contribution in [1.29, 1.82) is 0 Å². The summed E-state index contributed by atoms with van der Waals surface area (Å²) in [6.07, 6.45) is 3.33. The van der Waals surface area contributed by atoms with Crippen molar-refractivity contribution in [3.8, 4) is 0 Å². The number of rotatable bonds is 6. The van der Waals surface area contributed by atoms with Gasteiger partial charge in [-0.25, -0.2) is 4.98 Å². The summed E-state index contributed by atoms with van der Waals surface area (Å²) in [6.45, 7) is 2.04. The second-order valence-corrected chi connectivity index (χ2v) is 4.69. The standard InChI is InChI=1S/C12H14N4O2S/c1-2-5-11-15-16-12(18-11)19-8-10(17)14-9-6-3-4-7-13-9/h3-4,6-7H,2,5,8H2,1H3,(H,13,14,17). The molecule has 100 valence electrons. The number of pyridine rings is 1. The zero-order valence-corrected chi connectivity index (χ0v) is 11.3. The molecule has 0 aromatic carbocycles. The van der Waals surface area contributed by atoms with E-state index in [1.54, 1.807) is 18.3 Å². The number of thioether (sulfide) groups is 1. The van der Waals surface area contributed by atoms with Crippen LogP contribution >= 0.6 is 11.8 Å². The van der Waals surface area contributed by atoms with E-state index in [-0.39, 0.29) is 11.7 Å². The molecular formula is C12H14N4O2S. The lowest BCUT2D eigenvalue weighted by Crippen LogP contribution is -2.14. The van der Waals surface area contributed by atoms with Crippen molar-refractivity contribution in [3.63, 3.8) is 0 Å². The van der Waals surface area contributed by atoms with Crippen molar-refractivity contribution in [3.05, 3.63) is 30.3 Å². The normalized spacial score (nSPS) is 10.4. The van der Waals surface area contributed by atoms with Crippen LogP contribution in [0.5, 0.6) is 0 Å². The molecule has 0 fully saturated rings. The molecule has 0 unspecified atom stereocenters. The zero-order chi connectivity index (χ0) is 13.5. The van der Waals surface area contributed by atoms with E-state index >= 15 is 0 Å². The van der Waals surface area contributed by atoms with Gasteiger partial charge >= 0.3 is 0 Å². The minimum atomic E-state index is -0.154.